The molecule has 0 bridgehead atoms. The Morgan fingerprint density at radius 3 is 0.610 bits per heavy atom. The molecule has 888 valence electrons. The minimum atomic E-state index is 0.562. The van der Waals surface area contributed by atoms with Gasteiger partial charge in [-0.2, -0.15) is 20.4 Å². The van der Waals surface area contributed by atoms with Crippen LogP contribution in [0.4, 0.5) is 0 Å². The highest BCUT2D eigenvalue weighted by atomic mass is 32.2. The number of nitrogens with zero attached hydrogens (tertiary/aromatic N) is 22. The van der Waals surface area contributed by atoms with Gasteiger partial charge in [-0.15, -0.1) is 23.5 Å². The van der Waals surface area contributed by atoms with Gasteiger partial charge in [0.05, 0.1) is 64.2 Å². The Morgan fingerprint density at radius 2 is 0.525 bits per heavy atom. The Labute approximate surface area is 918 Å². The van der Waals surface area contributed by atoms with Crippen molar-refractivity contribution in [1.82, 2.24) is 108 Å². The maximum Gasteiger partial charge on any atom is 0.122 e. The molecule has 29 heteroatoms. The first-order chi connectivity index (χ1) is 65.5. The summed E-state index contributed by atoms with van der Waals surface area (Å²) in [6.07, 6.45) is 3.89. The Hall–Kier alpha value is 0.400. The number of hydrogen-bond donors (Lipinski definition) is 0. The molecule has 11 saturated heterocycles. The third-order valence-corrected chi connectivity index (χ3v) is 18.0. The minimum absolute atomic E-state index is 0.562. The summed E-state index contributed by atoms with van der Waals surface area (Å²) in [5, 5.41) is 29.6. The standard InChI is InChI=1S/C7H18N4.C5H13N3.2C5H12N2.2C4H10N2O.2C4H10N2S.C4H9NO.2C4H9NS.10C4H10.11C2H6/c1-7(2)11-6-8(3)9(4)10(11)5;1-6-4-7(2)8(3)5-6;1-6-3-4-7(2)5-6;1-6-4-3-5-7(6)2;1-5-3-7-4-6(5)2;1-5-3-6(2)7-4-5;1-5-3-7-4-6(5)2;1-5-3-6(2)7-4-5;1-5-3-2-4-6-5;1-5-2-3-6-4-5;1-5-3-2-4-6-5;10*1-4(2)3;11*1-2/h7H,6H2,1-5H3;4-5H2,1-3H3;2*3-5H2,1-2H3;4*3-4H2,1-2H3;3*2-4H2,1H3;10*4H,1-3H3;11*1-2H3. The molecule has 0 N–H and O–H groups in total. The van der Waals surface area contributed by atoms with Gasteiger partial charge < -0.3 is 4.74 Å². The van der Waals surface area contributed by atoms with Crippen LogP contribution in [0, 0.1) is 59.2 Å². The van der Waals surface area contributed by atoms with Crippen LogP contribution in [-0.2, 0) is 14.4 Å². The summed E-state index contributed by atoms with van der Waals surface area (Å²) in [5.74, 6) is 15.7. The largest absolute Gasteiger partial charge is 0.348 e. The Kier molecular flexibility index (Phi) is 212. The smallest absolute Gasteiger partial charge is 0.122 e. The first-order valence-corrected chi connectivity index (χ1v) is 60.6. The lowest BCUT2D eigenvalue weighted by atomic mass is 10.3. The first kappa shape index (κ1) is 192. The highest BCUT2D eigenvalue weighted by Crippen LogP contribution is 2.18. The number of likely N-dealkylation sites (N-methyl/N-ethyl adjacent to an activating group) is 2. The maximum absolute atomic E-state index is 5.02. The quantitative estimate of drug-likeness (QED) is 0.233. The lowest BCUT2D eigenvalue weighted by Gasteiger charge is -2.29. The van der Waals surface area contributed by atoms with Gasteiger partial charge in [-0.1, -0.05) is 384 Å². The molecule has 0 unspecified atom stereocenters. The Morgan fingerprint density at radius 1 is 0.199 bits per heavy atom. The molecule has 0 radical (unpaired) electrons. The number of rotatable bonds is 1. The van der Waals surface area contributed by atoms with Crippen LogP contribution in [0.3, 0.4) is 0 Å². The van der Waals surface area contributed by atoms with Gasteiger partial charge in [0.2, 0.25) is 0 Å². The van der Waals surface area contributed by atoms with E-state index in [4.69, 9.17) is 14.4 Å². The van der Waals surface area contributed by atoms with E-state index in [-0.39, 0.29) is 0 Å². The van der Waals surface area contributed by atoms with Crippen LogP contribution in [0.1, 0.15) is 393 Å². The van der Waals surface area contributed by atoms with Crippen molar-refractivity contribution in [2.45, 2.75) is 399 Å². The molecule has 25 nitrogen and oxygen atoms in total. The van der Waals surface area contributed by atoms with E-state index in [1.165, 1.54) is 75.9 Å². The summed E-state index contributed by atoms with van der Waals surface area (Å²) >= 11 is 7.75. The van der Waals surface area contributed by atoms with Crippen LogP contribution < -0.4 is 0 Å². The van der Waals surface area contributed by atoms with E-state index in [9.17, 15) is 0 Å². The van der Waals surface area contributed by atoms with E-state index in [0.29, 0.717) is 6.04 Å². The number of hydroxylamine groups is 4. The van der Waals surface area contributed by atoms with Crippen molar-refractivity contribution in [3.05, 3.63) is 0 Å². The number of hydrazine groups is 7. The summed E-state index contributed by atoms with van der Waals surface area (Å²) in [6, 6.07) is 0.562. The van der Waals surface area contributed by atoms with E-state index in [1.807, 2.05) is 250 Å². The van der Waals surface area contributed by atoms with Gasteiger partial charge in [0.15, 0.2) is 0 Å². The fourth-order valence-corrected chi connectivity index (χ4v) is 11.5. The van der Waals surface area contributed by atoms with Crippen LogP contribution in [0.5, 0.6) is 0 Å². The average Bonchev–Trinajstić information content (AvgIpc) is 1.69. The first-order valence-electron chi connectivity index (χ1n) is 56.4. The molecular formula is C112H288N22O3S4. The Balaban J connectivity index is -0.0000000562. The fraction of sp³-hybridized carbons (Fsp3) is 1.00. The van der Waals surface area contributed by atoms with Gasteiger partial charge in [0.25, 0.3) is 0 Å². The molecule has 141 heavy (non-hydrogen) atoms. The fourth-order valence-electron chi connectivity index (χ4n) is 7.89. The van der Waals surface area contributed by atoms with E-state index in [1.54, 1.807) is 5.06 Å². The molecule has 0 amide bonds. The molecule has 11 aliphatic heterocycles. The van der Waals surface area contributed by atoms with Crippen molar-refractivity contribution < 1.29 is 14.4 Å². The molecule has 0 spiro atoms. The zero-order valence-electron chi connectivity index (χ0n) is 112. The Bertz CT molecular complexity index is 1650. The lowest BCUT2D eigenvalue weighted by molar-refractivity contribution is -0.143. The second-order valence-electron chi connectivity index (χ2n) is 39.5. The van der Waals surface area contributed by atoms with E-state index < -0.39 is 0 Å². The van der Waals surface area contributed by atoms with Crippen LogP contribution in [-0.4, -0.2) is 410 Å². The molecule has 11 heterocycles. The van der Waals surface area contributed by atoms with Crippen LogP contribution in [0.2, 0.25) is 0 Å². The van der Waals surface area contributed by atoms with Crippen molar-refractivity contribution in [3.8, 4) is 0 Å². The predicted molar refractivity (Wildman–Crippen MR) is 669 cm³/mol. The summed E-state index contributed by atoms with van der Waals surface area (Å²) in [5.41, 5.74) is 0. The molecule has 0 aliphatic carbocycles. The molecule has 11 fully saturated rings. The zero-order valence-corrected chi connectivity index (χ0v) is 116. The molecule has 0 saturated carbocycles. The minimum Gasteiger partial charge on any atom is -0.348 e. The van der Waals surface area contributed by atoms with Crippen LogP contribution in [0.25, 0.3) is 0 Å². The molecule has 0 atom stereocenters. The molecule has 0 aromatic rings. The van der Waals surface area contributed by atoms with Gasteiger partial charge >= 0.3 is 0 Å². The van der Waals surface area contributed by atoms with E-state index >= 15 is 0 Å². The summed E-state index contributed by atoms with van der Waals surface area (Å²) in [4.78, 5) is 23.5. The maximum atomic E-state index is 5.02. The molecular weight excluding hydrogens is 1830 g/mol. The normalized spacial score (nSPS) is 17.7. The van der Waals surface area contributed by atoms with Gasteiger partial charge in [-0.3, -0.25) is 43.4 Å². The third-order valence-electron chi connectivity index (χ3n) is 13.5. The van der Waals surface area contributed by atoms with Gasteiger partial charge in [0, 0.05) is 161 Å². The van der Waals surface area contributed by atoms with Crippen molar-refractivity contribution in [2.75, 3.05) is 296 Å². The molecule has 0 aromatic carbocycles. The van der Waals surface area contributed by atoms with Crippen LogP contribution in [0.15, 0.2) is 0 Å². The van der Waals surface area contributed by atoms with E-state index in [2.05, 4.69) is 423 Å². The average molecular weight is 2120 g/mol. The van der Waals surface area contributed by atoms with Crippen LogP contribution >= 0.6 is 47.4 Å². The lowest BCUT2D eigenvalue weighted by Crippen LogP contribution is -2.43. The van der Waals surface area contributed by atoms with Gasteiger partial charge in [-0.25, -0.2) is 54.4 Å². The number of thioether (sulfide) groups is 2. The highest BCUT2D eigenvalue weighted by molar-refractivity contribution is 7.99. The van der Waals surface area contributed by atoms with Crippen molar-refractivity contribution in [2.24, 2.45) is 59.2 Å². The predicted octanol–water partition coefficient (Wildman–Crippen LogP) is 29.9. The van der Waals surface area contributed by atoms with Crippen molar-refractivity contribution in [1.29, 1.82) is 0 Å². The highest BCUT2D eigenvalue weighted by Gasteiger charge is 2.29. The zero-order chi connectivity index (χ0) is 117. The topological polar surface area (TPSA) is 99.0 Å². The summed E-state index contributed by atoms with van der Waals surface area (Å²) in [6.45, 7) is 131. The molecule has 0 aromatic heterocycles. The second-order valence-corrected chi connectivity index (χ2v) is 43.9. The second kappa shape index (κ2) is 156. The summed E-state index contributed by atoms with van der Waals surface area (Å²) < 4.78 is 9.52. The monoisotopic (exact) mass is 2120 g/mol. The number of ether oxygens (including phenoxy) is 1. The SMILES string of the molecule is CC.CC.CC.CC.CC.CC.CC.CC.CC.CC.CC.CC(C)C.CC(C)C.CC(C)C.CC(C)C.CC(C)C.CC(C)C.CC(C)C.CC(C)C.CC(C)C.CC(C)C.CC(C)N1CN(C)N(C)N1C.CN1CCCN1C.CN1CCCO1.CN1CCCS1.CN1CCN(C)C1.CN1CCSC1.CN1CN(C)N(C)C1.CN1COCN1C.CN1CON(C)C1.CN1CSCN1C.CN1CSN(C)C1. The summed E-state index contributed by atoms with van der Waals surface area (Å²) in [7, 11) is 43.6. The van der Waals surface area contributed by atoms with Gasteiger partial charge in [0.1, 0.15) is 20.2 Å². The molecule has 11 aliphatic rings. The van der Waals surface area contributed by atoms with Crippen molar-refractivity contribution in [3.63, 3.8) is 0 Å². The van der Waals surface area contributed by atoms with E-state index in [0.717, 1.165) is 150 Å². The molecule has 11 rings (SSSR count). The third kappa shape index (κ3) is 221. The van der Waals surface area contributed by atoms with Gasteiger partial charge in [-0.05, 0) is 149 Å². The number of hydrogen-bond acceptors (Lipinski definition) is 29. The van der Waals surface area contributed by atoms with Crippen molar-refractivity contribution >= 4 is 47.4 Å².